The van der Waals surface area contributed by atoms with Gasteiger partial charge in [0.05, 0.1) is 12.1 Å². The monoisotopic (exact) mass is 212 g/mol. The summed E-state index contributed by atoms with van der Waals surface area (Å²) in [6, 6.07) is -0.360. The highest BCUT2D eigenvalue weighted by molar-refractivity contribution is 5.81. The molecule has 3 N–H and O–H groups in total. The molecule has 0 bridgehead atoms. The Morgan fingerprint density at radius 1 is 1.53 bits per heavy atom. The van der Waals surface area contributed by atoms with Gasteiger partial charge in [0.2, 0.25) is 5.91 Å². The quantitative estimate of drug-likeness (QED) is 0.674. The molecular weight excluding hydrogens is 192 g/mol. The number of rotatable bonds is 2. The third-order valence-corrected chi connectivity index (χ3v) is 3.89. The van der Waals surface area contributed by atoms with Crippen molar-refractivity contribution in [2.75, 3.05) is 13.1 Å². The molecule has 0 aromatic rings. The molecule has 2 aliphatic rings. The maximum Gasteiger partial charge on any atom is 0.239 e. The van der Waals surface area contributed by atoms with Gasteiger partial charge in [0, 0.05) is 19.0 Å². The second-order valence-corrected chi connectivity index (χ2v) is 4.83. The fourth-order valence-corrected chi connectivity index (χ4v) is 2.83. The molecule has 4 atom stereocenters. The van der Waals surface area contributed by atoms with Gasteiger partial charge >= 0.3 is 0 Å². The summed E-state index contributed by atoms with van der Waals surface area (Å²) in [7, 11) is 0. The van der Waals surface area contributed by atoms with E-state index >= 15 is 0 Å². The number of hydrogen-bond donors (Lipinski definition) is 2. The molecule has 0 aromatic carbocycles. The van der Waals surface area contributed by atoms with Crippen LogP contribution in [0.25, 0.3) is 0 Å². The van der Waals surface area contributed by atoms with Gasteiger partial charge in [-0.2, -0.15) is 0 Å². The summed E-state index contributed by atoms with van der Waals surface area (Å²) >= 11 is 0. The van der Waals surface area contributed by atoms with E-state index in [9.17, 15) is 9.90 Å². The molecule has 0 spiro atoms. The Kier molecular flexibility index (Phi) is 2.98. The highest BCUT2D eigenvalue weighted by Gasteiger charge is 2.43. The maximum absolute atomic E-state index is 11.8. The summed E-state index contributed by atoms with van der Waals surface area (Å²) in [5.74, 6) is 0.866. The zero-order chi connectivity index (χ0) is 11.0. The molecule has 3 unspecified atom stereocenters. The summed E-state index contributed by atoms with van der Waals surface area (Å²) < 4.78 is 0. The second-order valence-electron chi connectivity index (χ2n) is 4.83. The van der Waals surface area contributed by atoms with Gasteiger partial charge in [0.25, 0.3) is 0 Å². The van der Waals surface area contributed by atoms with Gasteiger partial charge in [-0.15, -0.1) is 0 Å². The second kappa shape index (κ2) is 4.10. The van der Waals surface area contributed by atoms with E-state index in [4.69, 9.17) is 5.73 Å². The molecule has 2 rings (SSSR count). The Hall–Kier alpha value is -0.610. The van der Waals surface area contributed by atoms with E-state index in [-0.39, 0.29) is 18.1 Å². The van der Waals surface area contributed by atoms with Crippen LogP contribution in [0.5, 0.6) is 0 Å². The topological polar surface area (TPSA) is 66.6 Å². The normalized spacial score (nSPS) is 36.7. The van der Waals surface area contributed by atoms with Crippen LogP contribution in [-0.4, -0.2) is 41.1 Å². The van der Waals surface area contributed by atoms with Gasteiger partial charge in [-0.05, 0) is 25.2 Å². The summed E-state index contributed by atoms with van der Waals surface area (Å²) in [4.78, 5) is 13.7. The average molecular weight is 212 g/mol. The summed E-state index contributed by atoms with van der Waals surface area (Å²) in [5.41, 5.74) is 5.73. The number of aliphatic hydroxyl groups is 1. The van der Waals surface area contributed by atoms with Gasteiger partial charge in [-0.1, -0.05) is 6.92 Å². The lowest BCUT2D eigenvalue weighted by molar-refractivity contribution is -0.132. The Labute approximate surface area is 90.4 Å². The van der Waals surface area contributed by atoms with Crippen LogP contribution in [0.2, 0.25) is 0 Å². The highest BCUT2D eigenvalue weighted by Crippen LogP contribution is 2.38. The van der Waals surface area contributed by atoms with E-state index in [1.807, 2.05) is 11.8 Å². The summed E-state index contributed by atoms with van der Waals surface area (Å²) in [5, 5.41) is 9.73. The first-order valence-electron chi connectivity index (χ1n) is 5.86. The van der Waals surface area contributed by atoms with Crippen molar-refractivity contribution >= 4 is 5.91 Å². The van der Waals surface area contributed by atoms with Gasteiger partial charge in [0.15, 0.2) is 0 Å². The van der Waals surface area contributed by atoms with Crippen molar-refractivity contribution in [2.24, 2.45) is 17.6 Å². The number of amides is 1. The van der Waals surface area contributed by atoms with Gasteiger partial charge in [-0.3, -0.25) is 4.79 Å². The molecule has 0 radical (unpaired) electrons. The van der Waals surface area contributed by atoms with E-state index in [2.05, 4.69) is 0 Å². The van der Waals surface area contributed by atoms with E-state index in [1.165, 1.54) is 0 Å². The SMILES string of the molecule is CC[C@H](N)C(=O)N1CC2CCC(O)C2C1. The number of nitrogens with zero attached hydrogens (tertiary/aromatic N) is 1. The lowest BCUT2D eigenvalue weighted by atomic mass is 10.00. The van der Waals surface area contributed by atoms with Crippen molar-refractivity contribution in [1.82, 2.24) is 4.90 Å². The fraction of sp³-hybridized carbons (Fsp3) is 0.909. The first-order valence-corrected chi connectivity index (χ1v) is 5.86. The van der Waals surface area contributed by atoms with Gasteiger partial charge < -0.3 is 15.7 Å². The minimum Gasteiger partial charge on any atom is -0.393 e. The van der Waals surface area contributed by atoms with E-state index in [0.29, 0.717) is 24.8 Å². The van der Waals surface area contributed by atoms with Crippen molar-refractivity contribution in [3.63, 3.8) is 0 Å². The van der Waals surface area contributed by atoms with Crippen LogP contribution in [0.1, 0.15) is 26.2 Å². The summed E-state index contributed by atoms with van der Waals surface area (Å²) in [6.45, 7) is 3.43. The van der Waals surface area contributed by atoms with Crippen LogP contribution in [0.4, 0.5) is 0 Å². The molecule has 1 amide bonds. The number of hydrogen-bond acceptors (Lipinski definition) is 3. The van der Waals surface area contributed by atoms with Crippen molar-refractivity contribution < 1.29 is 9.90 Å². The zero-order valence-electron chi connectivity index (χ0n) is 9.22. The van der Waals surface area contributed by atoms with Crippen molar-refractivity contribution in [1.29, 1.82) is 0 Å². The predicted molar refractivity (Wildman–Crippen MR) is 57.1 cm³/mol. The van der Waals surface area contributed by atoms with Crippen molar-refractivity contribution in [2.45, 2.75) is 38.3 Å². The molecule has 1 heterocycles. The molecule has 1 aliphatic heterocycles. The predicted octanol–water partition coefficient (Wildman–Crippen LogP) is -0.0470. The van der Waals surface area contributed by atoms with E-state index < -0.39 is 0 Å². The van der Waals surface area contributed by atoms with E-state index in [0.717, 1.165) is 19.4 Å². The minimum atomic E-state index is -0.360. The number of likely N-dealkylation sites (tertiary alicyclic amines) is 1. The standard InChI is InChI=1S/C11H20N2O2/c1-2-9(12)11(15)13-5-7-3-4-10(14)8(7)6-13/h7-10,14H,2-6,12H2,1H3/t7?,8?,9-,10?/m0/s1. The zero-order valence-corrected chi connectivity index (χ0v) is 9.22. The largest absolute Gasteiger partial charge is 0.393 e. The van der Waals surface area contributed by atoms with Crippen LogP contribution in [0, 0.1) is 11.8 Å². The fourth-order valence-electron chi connectivity index (χ4n) is 2.83. The minimum absolute atomic E-state index is 0.0547. The van der Waals surface area contributed by atoms with Gasteiger partial charge in [0.1, 0.15) is 0 Å². The van der Waals surface area contributed by atoms with Crippen LogP contribution in [0.15, 0.2) is 0 Å². The number of nitrogens with two attached hydrogens (primary N) is 1. The highest BCUT2D eigenvalue weighted by atomic mass is 16.3. The Balaban J connectivity index is 1.96. The number of carbonyl (C=O) groups is 1. The Morgan fingerprint density at radius 3 is 2.87 bits per heavy atom. The third-order valence-electron chi connectivity index (χ3n) is 3.89. The Morgan fingerprint density at radius 2 is 2.27 bits per heavy atom. The molecule has 1 saturated carbocycles. The molecule has 0 aromatic heterocycles. The molecule has 86 valence electrons. The van der Waals surface area contributed by atoms with Crippen LogP contribution < -0.4 is 5.73 Å². The van der Waals surface area contributed by atoms with E-state index in [1.54, 1.807) is 0 Å². The number of carbonyl (C=O) groups excluding carboxylic acids is 1. The molecular formula is C11H20N2O2. The van der Waals surface area contributed by atoms with Crippen molar-refractivity contribution in [3.8, 4) is 0 Å². The first-order chi connectivity index (χ1) is 7.13. The first kappa shape index (κ1) is 10.9. The lowest BCUT2D eigenvalue weighted by Crippen LogP contribution is -2.43. The molecule has 15 heavy (non-hydrogen) atoms. The number of fused-ring (bicyclic) bond motifs is 1. The number of aliphatic hydroxyl groups excluding tert-OH is 1. The molecule has 4 nitrogen and oxygen atoms in total. The van der Waals surface area contributed by atoms with Gasteiger partial charge in [-0.25, -0.2) is 0 Å². The lowest BCUT2D eigenvalue weighted by Gasteiger charge is -2.21. The smallest absolute Gasteiger partial charge is 0.239 e. The van der Waals surface area contributed by atoms with Crippen LogP contribution >= 0.6 is 0 Å². The molecule has 2 fully saturated rings. The third kappa shape index (κ3) is 1.88. The summed E-state index contributed by atoms with van der Waals surface area (Å²) in [6.07, 6.45) is 2.44. The van der Waals surface area contributed by atoms with Crippen LogP contribution in [0.3, 0.4) is 0 Å². The Bertz CT molecular complexity index is 257. The van der Waals surface area contributed by atoms with Crippen molar-refractivity contribution in [3.05, 3.63) is 0 Å². The molecule has 1 aliphatic carbocycles. The molecule has 4 heteroatoms. The average Bonchev–Trinajstić information content (AvgIpc) is 2.79. The maximum atomic E-state index is 11.8. The molecule has 1 saturated heterocycles. The van der Waals surface area contributed by atoms with Crippen LogP contribution in [-0.2, 0) is 4.79 Å².